The van der Waals surface area contributed by atoms with Crippen LogP contribution in [0.4, 0.5) is 4.79 Å². The molecule has 0 bridgehead atoms. The van der Waals surface area contributed by atoms with Crippen molar-refractivity contribution in [1.82, 2.24) is 30.4 Å². The lowest BCUT2D eigenvalue weighted by molar-refractivity contribution is 0.0625. The van der Waals surface area contributed by atoms with E-state index in [4.69, 9.17) is 5.11 Å². The summed E-state index contributed by atoms with van der Waals surface area (Å²) in [6.07, 6.45) is -0.948. The first-order valence-electron chi connectivity index (χ1n) is 8.49. The normalized spacial score (nSPS) is 14.0. The number of H-pyrrole nitrogens is 1. The maximum Gasteiger partial charge on any atom is 0.407 e. The standard InChI is InChI=1S/C13H14N6O3.C4H10/c20-12(18-5-7-19(8-6-18)13(21)22)10-3-1-9(2-4-10)11-14-16-17-15-11;1-4(2)3/h1-4H,5-8H2,(H,21,22)(H,14,15,16,17);4H,1-3H3. The molecule has 1 aliphatic rings. The number of carboxylic acid groups (broad SMARTS) is 1. The van der Waals surface area contributed by atoms with Crippen LogP contribution in [0.5, 0.6) is 0 Å². The Kier molecular flexibility index (Phi) is 6.65. The van der Waals surface area contributed by atoms with Gasteiger partial charge in [-0.3, -0.25) is 4.79 Å². The molecule has 3 rings (SSSR count). The van der Waals surface area contributed by atoms with E-state index < -0.39 is 6.09 Å². The summed E-state index contributed by atoms with van der Waals surface area (Å²) in [5.41, 5.74) is 1.32. The molecule has 26 heavy (non-hydrogen) atoms. The number of hydrogen-bond donors (Lipinski definition) is 2. The predicted octanol–water partition coefficient (Wildman–Crippen LogP) is 1.96. The molecule has 0 saturated carbocycles. The number of nitrogens with one attached hydrogen (secondary N) is 1. The van der Waals surface area contributed by atoms with Crippen molar-refractivity contribution in [3.63, 3.8) is 0 Å². The molecule has 1 aromatic carbocycles. The SMILES string of the molecule is CC(C)C.O=C(O)N1CCN(C(=O)c2ccc(-c3nn[nH]n3)cc2)CC1. The van der Waals surface area contributed by atoms with Crippen LogP contribution in [-0.2, 0) is 0 Å². The first-order valence-corrected chi connectivity index (χ1v) is 8.49. The average molecular weight is 360 g/mol. The number of benzene rings is 1. The average Bonchev–Trinajstić information content (AvgIpc) is 3.15. The topological polar surface area (TPSA) is 115 Å². The Labute approximate surface area is 152 Å². The van der Waals surface area contributed by atoms with Gasteiger partial charge in [0.1, 0.15) is 0 Å². The molecule has 140 valence electrons. The van der Waals surface area contributed by atoms with Crippen LogP contribution in [0.15, 0.2) is 24.3 Å². The first kappa shape index (κ1) is 19.4. The molecule has 1 aliphatic heterocycles. The van der Waals surface area contributed by atoms with E-state index in [1.165, 1.54) is 4.90 Å². The van der Waals surface area contributed by atoms with E-state index in [9.17, 15) is 9.59 Å². The van der Waals surface area contributed by atoms with Crippen molar-refractivity contribution in [2.75, 3.05) is 26.2 Å². The summed E-state index contributed by atoms with van der Waals surface area (Å²) in [5, 5.41) is 22.5. The third-order valence-electron chi connectivity index (χ3n) is 3.57. The maximum absolute atomic E-state index is 12.4. The molecule has 9 heteroatoms. The van der Waals surface area contributed by atoms with Gasteiger partial charge in [-0.2, -0.15) is 5.21 Å². The molecule has 0 atom stereocenters. The second-order valence-electron chi connectivity index (χ2n) is 6.61. The fourth-order valence-corrected chi connectivity index (χ4v) is 2.33. The molecule has 2 aromatic rings. The Hall–Kier alpha value is -2.97. The van der Waals surface area contributed by atoms with Gasteiger partial charge in [0.05, 0.1) is 0 Å². The zero-order valence-electron chi connectivity index (χ0n) is 15.2. The smallest absolute Gasteiger partial charge is 0.407 e. The van der Waals surface area contributed by atoms with Gasteiger partial charge in [0.15, 0.2) is 0 Å². The highest BCUT2D eigenvalue weighted by Crippen LogP contribution is 2.16. The largest absolute Gasteiger partial charge is 0.465 e. The quantitative estimate of drug-likeness (QED) is 0.846. The highest BCUT2D eigenvalue weighted by molar-refractivity contribution is 5.94. The maximum atomic E-state index is 12.4. The summed E-state index contributed by atoms with van der Waals surface area (Å²) < 4.78 is 0. The summed E-state index contributed by atoms with van der Waals surface area (Å²) in [4.78, 5) is 26.2. The molecule has 0 aliphatic carbocycles. The van der Waals surface area contributed by atoms with Gasteiger partial charge < -0.3 is 14.9 Å². The van der Waals surface area contributed by atoms with Gasteiger partial charge in [-0.1, -0.05) is 32.9 Å². The highest BCUT2D eigenvalue weighted by Gasteiger charge is 2.24. The first-order chi connectivity index (χ1) is 12.4. The fraction of sp³-hybridized carbons (Fsp3) is 0.471. The van der Waals surface area contributed by atoms with Crippen LogP contribution in [0.3, 0.4) is 0 Å². The fourth-order valence-electron chi connectivity index (χ4n) is 2.33. The highest BCUT2D eigenvalue weighted by atomic mass is 16.4. The van der Waals surface area contributed by atoms with E-state index >= 15 is 0 Å². The Morgan fingerprint density at radius 1 is 1.04 bits per heavy atom. The van der Waals surface area contributed by atoms with E-state index in [1.807, 2.05) is 0 Å². The third kappa shape index (κ3) is 5.27. The lowest BCUT2D eigenvalue weighted by atomic mass is 10.1. The number of rotatable bonds is 2. The second kappa shape index (κ2) is 8.93. The summed E-state index contributed by atoms with van der Waals surface area (Å²) in [6, 6.07) is 6.92. The molecule has 2 N–H and O–H groups in total. The number of aromatic amines is 1. The molecule has 0 unspecified atom stereocenters. The summed E-state index contributed by atoms with van der Waals surface area (Å²) in [6.45, 7) is 7.97. The molecular formula is C17H24N6O3. The van der Waals surface area contributed by atoms with Crippen LogP contribution in [0, 0.1) is 5.92 Å². The van der Waals surface area contributed by atoms with Crippen molar-refractivity contribution in [2.45, 2.75) is 20.8 Å². The Balaban J connectivity index is 0.000000552. The van der Waals surface area contributed by atoms with E-state index in [1.54, 1.807) is 29.2 Å². The summed E-state index contributed by atoms with van der Waals surface area (Å²) in [5.74, 6) is 1.19. The van der Waals surface area contributed by atoms with Crippen LogP contribution in [0.1, 0.15) is 31.1 Å². The number of tetrazole rings is 1. The van der Waals surface area contributed by atoms with Crippen LogP contribution in [0.25, 0.3) is 11.4 Å². The number of nitrogens with zero attached hydrogens (tertiary/aromatic N) is 5. The minimum absolute atomic E-state index is 0.107. The van der Waals surface area contributed by atoms with Gasteiger partial charge in [0.25, 0.3) is 5.91 Å². The Bertz CT molecular complexity index is 704. The van der Waals surface area contributed by atoms with Crippen molar-refractivity contribution in [3.8, 4) is 11.4 Å². The van der Waals surface area contributed by atoms with Gasteiger partial charge >= 0.3 is 6.09 Å². The van der Waals surface area contributed by atoms with Gasteiger partial charge in [-0.05, 0) is 23.3 Å². The van der Waals surface area contributed by atoms with E-state index in [0.717, 1.165) is 11.5 Å². The number of piperazine rings is 1. The molecule has 2 heterocycles. The molecular weight excluding hydrogens is 336 g/mol. The van der Waals surface area contributed by atoms with Crippen molar-refractivity contribution >= 4 is 12.0 Å². The zero-order chi connectivity index (χ0) is 19.1. The van der Waals surface area contributed by atoms with Gasteiger partial charge in [0, 0.05) is 37.3 Å². The molecule has 2 amide bonds. The van der Waals surface area contributed by atoms with Crippen LogP contribution < -0.4 is 0 Å². The zero-order valence-corrected chi connectivity index (χ0v) is 15.2. The third-order valence-corrected chi connectivity index (χ3v) is 3.57. The number of carbonyl (C=O) groups is 2. The summed E-state index contributed by atoms with van der Waals surface area (Å²) in [7, 11) is 0. The minimum Gasteiger partial charge on any atom is -0.465 e. The number of hydrogen-bond acceptors (Lipinski definition) is 5. The van der Waals surface area contributed by atoms with Crippen molar-refractivity contribution in [1.29, 1.82) is 0 Å². The lowest BCUT2D eigenvalue weighted by Crippen LogP contribution is -2.50. The molecule has 1 aromatic heterocycles. The van der Waals surface area contributed by atoms with Crippen molar-refractivity contribution in [2.24, 2.45) is 5.92 Å². The number of aromatic nitrogens is 4. The molecule has 0 spiro atoms. The van der Waals surface area contributed by atoms with Gasteiger partial charge in [0.2, 0.25) is 5.82 Å². The van der Waals surface area contributed by atoms with Crippen LogP contribution in [-0.4, -0.2) is 73.7 Å². The molecule has 9 nitrogen and oxygen atoms in total. The van der Waals surface area contributed by atoms with Crippen LogP contribution in [0.2, 0.25) is 0 Å². The second-order valence-corrected chi connectivity index (χ2v) is 6.61. The summed E-state index contributed by atoms with van der Waals surface area (Å²) >= 11 is 0. The predicted molar refractivity (Wildman–Crippen MR) is 95.6 cm³/mol. The molecule has 0 radical (unpaired) electrons. The van der Waals surface area contributed by atoms with Crippen molar-refractivity contribution < 1.29 is 14.7 Å². The van der Waals surface area contributed by atoms with Gasteiger partial charge in [-0.25, -0.2) is 4.79 Å². The van der Waals surface area contributed by atoms with E-state index in [0.29, 0.717) is 37.6 Å². The lowest BCUT2D eigenvalue weighted by Gasteiger charge is -2.33. The van der Waals surface area contributed by atoms with Crippen LogP contribution >= 0.6 is 0 Å². The molecule has 1 fully saturated rings. The number of amides is 2. The minimum atomic E-state index is -0.948. The van der Waals surface area contributed by atoms with E-state index in [2.05, 4.69) is 41.4 Å². The van der Waals surface area contributed by atoms with Crippen molar-refractivity contribution in [3.05, 3.63) is 29.8 Å². The Morgan fingerprint density at radius 2 is 1.58 bits per heavy atom. The van der Waals surface area contributed by atoms with Gasteiger partial charge in [-0.15, -0.1) is 10.2 Å². The Morgan fingerprint density at radius 3 is 2.04 bits per heavy atom. The molecule has 1 saturated heterocycles. The van der Waals surface area contributed by atoms with E-state index in [-0.39, 0.29) is 5.91 Å². The monoisotopic (exact) mass is 360 g/mol. The number of carbonyl (C=O) groups excluding carboxylic acids is 1.